The Labute approximate surface area is 91.4 Å². The van der Waals surface area contributed by atoms with Crippen molar-refractivity contribution in [3.63, 3.8) is 0 Å². The zero-order valence-electron chi connectivity index (χ0n) is 7.37. The van der Waals surface area contributed by atoms with Gasteiger partial charge in [0.1, 0.15) is 0 Å². The van der Waals surface area contributed by atoms with Crippen LogP contribution >= 0.6 is 23.2 Å². The first-order valence-corrected chi connectivity index (χ1v) is 4.99. The molecule has 0 aliphatic carbocycles. The largest absolute Gasteiger partial charge is 0.329 e. The molecule has 2 rings (SSSR count). The smallest absolute Gasteiger partial charge is 0.0884 e. The van der Waals surface area contributed by atoms with Gasteiger partial charge in [0, 0.05) is 11.9 Å². The maximum atomic E-state index is 6.05. The van der Waals surface area contributed by atoms with Crippen molar-refractivity contribution in [3.05, 3.63) is 28.4 Å². The third kappa shape index (κ3) is 1.47. The van der Waals surface area contributed by atoms with Crippen LogP contribution in [0.1, 0.15) is 0 Å². The van der Waals surface area contributed by atoms with Gasteiger partial charge in [-0.3, -0.25) is 4.68 Å². The van der Waals surface area contributed by atoms with Gasteiger partial charge >= 0.3 is 0 Å². The van der Waals surface area contributed by atoms with E-state index < -0.39 is 0 Å². The number of fused-ring (bicyclic) bond motifs is 1. The van der Waals surface area contributed by atoms with Gasteiger partial charge in [0.05, 0.1) is 28.3 Å². The van der Waals surface area contributed by atoms with Crippen molar-refractivity contribution in [2.24, 2.45) is 5.73 Å². The summed E-state index contributed by atoms with van der Waals surface area (Å²) in [5.41, 5.74) is 6.31. The van der Waals surface area contributed by atoms with E-state index in [0.717, 1.165) is 10.9 Å². The van der Waals surface area contributed by atoms with Crippen LogP contribution in [0.2, 0.25) is 10.0 Å². The number of hydrogen-bond acceptors (Lipinski definition) is 2. The Morgan fingerprint density at radius 3 is 2.71 bits per heavy atom. The molecule has 0 aliphatic heterocycles. The van der Waals surface area contributed by atoms with E-state index in [1.165, 1.54) is 0 Å². The van der Waals surface area contributed by atoms with E-state index in [9.17, 15) is 0 Å². The van der Waals surface area contributed by atoms with Crippen LogP contribution in [0.25, 0.3) is 10.9 Å². The van der Waals surface area contributed by atoms with Crippen molar-refractivity contribution in [1.82, 2.24) is 9.78 Å². The molecule has 74 valence electrons. The summed E-state index contributed by atoms with van der Waals surface area (Å²) >= 11 is 12.1. The summed E-state index contributed by atoms with van der Waals surface area (Å²) in [6.45, 7) is 1.17. The molecule has 3 nitrogen and oxygen atoms in total. The van der Waals surface area contributed by atoms with Gasteiger partial charge in [-0.25, -0.2) is 0 Å². The minimum atomic E-state index is 0.527. The van der Waals surface area contributed by atoms with Crippen LogP contribution in [0.4, 0.5) is 0 Å². The van der Waals surface area contributed by atoms with Crippen molar-refractivity contribution >= 4 is 34.1 Å². The van der Waals surface area contributed by atoms with Crippen LogP contribution in [0.15, 0.2) is 18.3 Å². The van der Waals surface area contributed by atoms with E-state index in [1.54, 1.807) is 23.0 Å². The zero-order valence-corrected chi connectivity index (χ0v) is 8.89. The van der Waals surface area contributed by atoms with E-state index >= 15 is 0 Å². The molecule has 0 saturated heterocycles. The molecule has 14 heavy (non-hydrogen) atoms. The maximum absolute atomic E-state index is 6.05. The first kappa shape index (κ1) is 9.77. The summed E-state index contributed by atoms with van der Waals surface area (Å²) in [4.78, 5) is 0. The predicted molar refractivity (Wildman–Crippen MR) is 58.8 cm³/mol. The normalized spacial score (nSPS) is 11.1. The number of hydrogen-bond donors (Lipinski definition) is 1. The van der Waals surface area contributed by atoms with Crippen molar-refractivity contribution < 1.29 is 0 Å². The summed E-state index contributed by atoms with van der Waals surface area (Å²) in [6.07, 6.45) is 1.71. The lowest BCUT2D eigenvalue weighted by Crippen LogP contribution is -2.10. The monoisotopic (exact) mass is 229 g/mol. The highest BCUT2D eigenvalue weighted by Gasteiger charge is 2.08. The van der Waals surface area contributed by atoms with E-state index in [4.69, 9.17) is 28.9 Å². The fourth-order valence-corrected chi connectivity index (χ4v) is 1.88. The molecule has 1 aromatic carbocycles. The minimum Gasteiger partial charge on any atom is -0.329 e. The molecule has 0 amide bonds. The highest BCUT2D eigenvalue weighted by molar-refractivity contribution is 6.39. The first-order chi connectivity index (χ1) is 6.74. The highest BCUT2D eigenvalue weighted by Crippen LogP contribution is 2.29. The summed E-state index contributed by atoms with van der Waals surface area (Å²) in [5.74, 6) is 0. The van der Waals surface area contributed by atoms with Gasteiger partial charge in [-0.15, -0.1) is 0 Å². The van der Waals surface area contributed by atoms with Gasteiger partial charge in [-0.1, -0.05) is 23.2 Å². The van der Waals surface area contributed by atoms with Crippen molar-refractivity contribution in [3.8, 4) is 0 Å². The summed E-state index contributed by atoms with van der Waals surface area (Å²) in [7, 11) is 0. The SMILES string of the molecule is NCCn1ncc2c(Cl)ccc(Cl)c21. The Kier molecular flexibility index (Phi) is 2.63. The molecule has 1 heterocycles. The van der Waals surface area contributed by atoms with Crippen LogP contribution in [0, 0.1) is 0 Å². The Morgan fingerprint density at radius 1 is 1.29 bits per heavy atom. The van der Waals surface area contributed by atoms with Gasteiger partial charge < -0.3 is 5.73 Å². The molecule has 0 radical (unpaired) electrons. The third-order valence-corrected chi connectivity index (χ3v) is 2.67. The van der Waals surface area contributed by atoms with Gasteiger partial charge in [-0.2, -0.15) is 5.10 Å². The second-order valence-electron chi connectivity index (χ2n) is 2.95. The lowest BCUT2D eigenvalue weighted by molar-refractivity contribution is 0.646. The quantitative estimate of drug-likeness (QED) is 0.860. The van der Waals surface area contributed by atoms with E-state index in [-0.39, 0.29) is 0 Å². The number of nitrogens with two attached hydrogens (primary N) is 1. The van der Waals surface area contributed by atoms with Gasteiger partial charge in [0.15, 0.2) is 0 Å². The second-order valence-corrected chi connectivity index (χ2v) is 3.76. The molecule has 2 aromatic rings. The van der Waals surface area contributed by atoms with E-state index in [1.807, 2.05) is 0 Å². The fraction of sp³-hybridized carbons (Fsp3) is 0.222. The van der Waals surface area contributed by atoms with Gasteiger partial charge in [-0.05, 0) is 12.1 Å². The standard InChI is InChI=1S/C9H9Cl2N3/c10-7-1-2-8(11)9-6(7)5-13-14(9)4-3-12/h1-2,5H,3-4,12H2. The van der Waals surface area contributed by atoms with Crippen LogP contribution in [0.3, 0.4) is 0 Å². The van der Waals surface area contributed by atoms with Crippen LogP contribution in [-0.4, -0.2) is 16.3 Å². The summed E-state index contributed by atoms with van der Waals surface area (Å²) in [5, 5.41) is 6.35. The molecule has 0 saturated carbocycles. The average molecular weight is 230 g/mol. The summed E-state index contributed by atoms with van der Waals surface area (Å²) in [6, 6.07) is 3.53. The number of halogens is 2. The highest BCUT2D eigenvalue weighted by atomic mass is 35.5. The zero-order chi connectivity index (χ0) is 10.1. The molecule has 0 unspecified atom stereocenters. The number of rotatable bonds is 2. The number of nitrogens with zero attached hydrogens (tertiary/aromatic N) is 2. The Morgan fingerprint density at radius 2 is 2.00 bits per heavy atom. The lowest BCUT2D eigenvalue weighted by Gasteiger charge is -2.02. The topological polar surface area (TPSA) is 43.8 Å². The lowest BCUT2D eigenvalue weighted by atomic mass is 10.2. The molecule has 0 spiro atoms. The van der Waals surface area contributed by atoms with Gasteiger partial charge in [0.2, 0.25) is 0 Å². The molecule has 0 aliphatic rings. The number of benzene rings is 1. The van der Waals surface area contributed by atoms with Crippen LogP contribution in [0.5, 0.6) is 0 Å². The molecular formula is C9H9Cl2N3. The van der Waals surface area contributed by atoms with Crippen molar-refractivity contribution in [2.75, 3.05) is 6.54 Å². The van der Waals surface area contributed by atoms with Gasteiger partial charge in [0.25, 0.3) is 0 Å². The molecule has 0 fully saturated rings. The fourth-order valence-electron chi connectivity index (χ4n) is 1.42. The van der Waals surface area contributed by atoms with Crippen molar-refractivity contribution in [2.45, 2.75) is 6.54 Å². The summed E-state index contributed by atoms with van der Waals surface area (Å²) < 4.78 is 1.77. The average Bonchev–Trinajstić information content (AvgIpc) is 2.58. The first-order valence-electron chi connectivity index (χ1n) is 4.23. The Balaban J connectivity index is 2.70. The minimum absolute atomic E-state index is 0.527. The Hall–Kier alpha value is -0.770. The van der Waals surface area contributed by atoms with E-state index in [0.29, 0.717) is 23.1 Å². The molecule has 5 heteroatoms. The Bertz CT molecular complexity index is 464. The molecule has 0 atom stereocenters. The second kappa shape index (κ2) is 3.77. The third-order valence-electron chi connectivity index (χ3n) is 2.04. The molecule has 1 aromatic heterocycles. The van der Waals surface area contributed by atoms with Crippen LogP contribution < -0.4 is 5.73 Å². The molecule has 0 bridgehead atoms. The van der Waals surface area contributed by atoms with E-state index in [2.05, 4.69) is 5.10 Å². The maximum Gasteiger partial charge on any atom is 0.0884 e. The number of aromatic nitrogens is 2. The van der Waals surface area contributed by atoms with Crippen molar-refractivity contribution in [1.29, 1.82) is 0 Å². The molecular weight excluding hydrogens is 221 g/mol. The molecule has 2 N–H and O–H groups in total. The predicted octanol–water partition coefficient (Wildman–Crippen LogP) is 2.30. The van der Waals surface area contributed by atoms with Crippen LogP contribution in [-0.2, 0) is 6.54 Å².